The molecule has 0 aromatic heterocycles. The van der Waals surface area contributed by atoms with Crippen LogP contribution in [-0.4, -0.2) is 37.2 Å². The summed E-state index contributed by atoms with van der Waals surface area (Å²) >= 11 is 0. The summed E-state index contributed by atoms with van der Waals surface area (Å²) < 4.78 is 16.8. The summed E-state index contributed by atoms with van der Waals surface area (Å²) in [5.41, 5.74) is 0. The van der Waals surface area contributed by atoms with Gasteiger partial charge in [0.15, 0.2) is 6.10 Å². The molecule has 0 aliphatic carbocycles. The first-order valence-corrected chi connectivity index (χ1v) is 28.3. The molecule has 0 aliphatic rings. The number of hydrogen-bond donors (Lipinski definition) is 0. The highest BCUT2D eigenvalue weighted by molar-refractivity contribution is 5.71. The molecule has 6 heteroatoms. The molecule has 0 aliphatic heterocycles. The fraction of sp³-hybridized carbons (Fsp3) is 0.783. The largest absolute Gasteiger partial charge is 0.462 e. The van der Waals surface area contributed by atoms with E-state index in [2.05, 4.69) is 81.5 Å². The van der Waals surface area contributed by atoms with Crippen LogP contribution in [0.25, 0.3) is 0 Å². The lowest BCUT2D eigenvalue weighted by Crippen LogP contribution is -2.30. The third-order valence-electron chi connectivity index (χ3n) is 12.3. The second-order valence-corrected chi connectivity index (χ2v) is 18.9. The van der Waals surface area contributed by atoms with Gasteiger partial charge in [-0.2, -0.15) is 0 Å². The van der Waals surface area contributed by atoms with Crippen LogP contribution in [0.15, 0.2) is 60.8 Å². The van der Waals surface area contributed by atoms with E-state index in [0.717, 1.165) is 103 Å². The van der Waals surface area contributed by atoms with Crippen LogP contribution in [0.1, 0.15) is 284 Å². The predicted molar refractivity (Wildman–Crippen MR) is 284 cm³/mol. The Hall–Kier alpha value is -2.89. The summed E-state index contributed by atoms with van der Waals surface area (Å²) in [5, 5.41) is 0. The minimum absolute atomic E-state index is 0.0869. The summed E-state index contributed by atoms with van der Waals surface area (Å²) in [6.45, 7) is 6.50. The molecule has 0 rings (SSSR count). The summed E-state index contributed by atoms with van der Waals surface area (Å²) in [4.78, 5) is 38.1. The zero-order valence-electron chi connectivity index (χ0n) is 43.7. The van der Waals surface area contributed by atoms with E-state index in [1.165, 1.54) is 141 Å². The van der Waals surface area contributed by atoms with Crippen LogP contribution in [0.3, 0.4) is 0 Å². The molecule has 382 valence electrons. The van der Waals surface area contributed by atoms with Crippen LogP contribution in [0.2, 0.25) is 0 Å². The Balaban J connectivity index is 4.39. The number of carbonyl (C=O) groups is 3. The van der Waals surface area contributed by atoms with Crippen LogP contribution < -0.4 is 0 Å². The molecule has 0 aromatic carbocycles. The molecule has 0 saturated heterocycles. The van der Waals surface area contributed by atoms with E-state index in [9.17, 15) is 14.4 Å². The number of carbonyl (C=O) groups excluding carboxylic acids is 3. The van der Waals surface area contributed by atoms with Crippen molar-refractivity contribution in [2.45, 2.75) is 290 Å². The molecule has 0 heterocycles. The van der Waals surface area contributed by atoms with E-state index in [1.54, 1.807) is 0 Å². The van der Waals surface area contributed by atoms with Crippen molar-refractivity contribution in [1.82, 2.24) is 0 Å². The van der Waals surface area contributed by atoms with Crippen molar-refractivity contribution >= 4 is 17.9 Å². The van der Waals surface area contributed by atoms with Gasteiger partial charge in [-0.05, 0) is 64.2 Å². The maximum atomic E-state index is 12.8. The highest BCUT2D eigenvalue weighted by atomic mass is 16.6. The average Bonchev–Trinajstić information content (AvgIpc) is 3.31. The standard InChI is InChI=1S/C60H106O6/c1-4-7-10-13-16-19-22-25-27-29-31-32-35-38-41-44-47-50-53-59(62)65-56-57(55-64-58(61)52-49-46-43-40-37-34-24-21-18-15-12-9-6-3)66-60(63)54-51-48-45-42-39-36-33-30-28-26-23-20-17-14-11-8-5-2/h9,12,15,18,21,24,27,29,31-32,57H,4-8,10-11,13-14,16-17,19-20,22-23,25-26,28,30,33-56H2,1-3H3/b12-9-,18-15-,24-21-,29-27-,32-31-. The van der Waals surface area contributed by atoms with Crippen LogP contribution in [-0.2, 0) is 28.6 Å². The molecule has 66 heavy (non-hydrogen) atoms. The van der Waals surface area contributed by atoms with Gasteiger partial charge < -0.3 is 14.2 Å². The van der Waals surface area contributed by atoms with Gasteiger partial charge in [-0.3, -0.25) is 14.4 Å². The smallest absolute Gasteiger partial charge is 0.306 e. The van der Waals surface area contributed by atoms with Crippen LogP contribution in [0.4, 0.5) is 0 Å². The second kappa shape index (κ2) is 54.7. The van der Waals surface area contributed by atoms with Gasteiger partial charge in [0.05, 0.1) is 0 Å². The monoisotopic (exact) mass is 923 g/mol. The number of ether oxygens (including phenoxy) is 3. The Kier molecular flexibility index (Phi) is 52.3. The van der Waals surface area contributed by atoms with Crippen molar-refractivity contribution in [3.8, 4) is 0 Å². The topological polar surface area (TPSA) is 78.9 Å². The van der Waals surface area contributed by atoms with Gasteiger partial charge >= 0.3 is 17.9 Å². The number of hydrogen-bond acceptors (Lipinski definition) is 6. The summed E-state index contributed by atoms with van der Waals surface area (Å²) in [6, 6.07) is 0. The molecular weight excluding hydrogens is 817 g/mol. The Morgan fingerprint density at radius 3 is 0.924 bits per heavy atom. The fourth-order valence-corrected chi connectivity index (χ4v) is 8.08. The summed E-state index contributed by atoms with van der Waals surface area (Å²) in [6.07, 6.45) is 67.8. The highest BCUT2D eigenvalue weighted by Crippen LogP contribution is 2.16. The van der Waals surface area contributed by atoms with E-state index in [1.807, 2.05) is 0 Å². The third-order valence-corrected chi connectivity index (χ3v) is 12.3. The molecule has 6 nitrogen and oxygen atoms in total. The molecule has 0 fully saturated rings. The van der Waals surface area contributed by atoms with Gasteiger partial charge in [0, 0.05) is 19.3 Å². The number of unbranched alkanes of at least 4 members (excludes halogenated alkanes) is 33. The van der Waals surface area contributed by atoms with E-state index >= 15 is 0 Å². The minimum Gasteiger partial charge on any atom is -0.462 e. The molecule has 0 bridgehead atoms. The lowest BCUT2D eigenvalue weighted by atomic mass is 10.0. The zero-order valence-corrected chi connectivity index (χ0v) is 43.7. The molecule has 1 atom stereocenters. The van der Waals surface area contributed by atoms with Gasteiger partial charge in [0.1, 0.15) is 13.2 Å². The predicted octanol–water partition coefficient (Wildman–Crippen LogP) is 18.8. The summed E-state index contributed by atoms with van der Waals surface area (Å²) in [5.74, 6) is -0.910. The first-order chi connectivity index (χ1) is 32.5. The fourth-order valence-electron chi connectivity index (χ4n) is 8.08. The second-order valence-electron chi connectivity index (χ2n) is 18.9. The molecule has 0 amide bonds. The van der Waals surface area contributed by atoms with Crippen molar-refractivity contribution in [2.24, 2.45) is 0 Å². The highest BCUT2D eigenvalue weighted by Gasteiger charge is 2.19. The lowest BCUT2D eigenvalue weighted by Gasteiger charge is -2.18. The van der Waals surface area contributed by atoms with Gasteiger partial charge in [-0.15, -0.1) is 0 Å². The quantitative estimate of drug-likeness (QED) is 0.0262. The van der Waals surface area contributed by atoms with E-state index in [4.69, 9.17) is 14.2 Å². The van der Waals surface area contributed by atoms with Crippen molar-refractivity contribution in [1.29, 1.82) is 0 Å². The van der Waals surface area contributed by atoms with Gasteiger partial charge in [0.25, 0.3) is 0 Å². The summed E-state index contributed by atoms with van der Waals surface area (Å²) in [7, 11) is 0. The minimum atomic E-state index is -0.787. The molecule has 0 spiro atoms. The van der Waals surface area contributed by atoms with Crippen LogP contribution in [0.5, 0.6) is 0 Å². The Labute approximate surface area is 409 Å². The number of esters is 3. The molecule has 0 N–H and O–H groups in total. The zero-order chi connectivity index (χ0) is 47.9. The molecule has 0 saturated carbocycles. The lowest BCUT2D eigenvalue weighted by molar-refractivity contribution is -0.167. The van der Waals surface area contributed by atoms with Crippen molar-refractivity contribution < 1.29 is 28.6 Å². The number of rotatable bonds is 51. The number of allylic oxidation sites excluding steroid dienone is 10. The molecule has 0 aromatic rings. The van der Waals surface area contributed by atoms with Crippen molar-refractivity contribution in [2.75, 3.05) is 13.2 Å². The van der Waals surface area contributed by atoms with Crippen LogP contribution in [0, 0.1) is 0 Å². The first kappa shape index (κ1) is 63.1. The third kappa shape index (κ3) is 52.1. The first-order valence-electron chi connectivity index (χ1n) is 28.3. The molecule has 0 radical (unpaired) electrons. The van der Waals surface area contributed by atoms with E-state index in [-0.39, 0.29) is 31.1 Å². The maximum absolute atomic E-state index is 12.8. The Morgan fingerprint density at radius 1 is 0.318 bits per heavy atom. The average molecular weight is 924 g/mol. The molecular formula is C60H106O6. The Bertz CT molecular complexity index is 1200. The van der Waals surface area contributed by atoms with Gasteiger partial charge in [-0.25, -0.2) is 0 Å². The Morgan fingerprint density at radius 2 is 0.591 bits per heavy atom. The van der Waals surface area contributed by atoms with Crippen LogP contribution >= 0.6 is 0 Å². The van der Waals surface area contributed by atoms with Crippen molar-refractivity contribution in [3.63, 3.8) is 0 Å². The van der Waals surface area contributed by atoms with Gasteiger partial charge in [0.2, 0.25) is 0 Å². The van der Waals surface area contributed by atoms with Crippen molar-refractivity contribution in [3.05, 3.63) is 60.8 Å². The SMILES string of the molecule is CC\C=C/C=C\C=C/CCCCCCCC(=O)OCC(COC(=O)CCCCCCC/C=C\C=C/CCCCCCCCC)OC(=O)CCCCCCCCCCCCCCCCCCC. The normalized spacial score (nSPS) is 12.5. The molecule has 1 unspecified atom stereocenters. The van der Waals surface area contributed by atoms with Gasteiger partial charge in [-0.1, -0.05) is 261 Å². The maximum Gasteiger partial charge on any atom is 0.306 e. The van der Waals surface area contributed by atoms with E-state index in [0.29, 0.717) is 19.3 Å². The van der Waals surface area contributed by atoms with E-state index < -0.39 is 6.10 Å².